The third kappa shape index (κ3) is 3.43. The van der Waals surface area contributed by atoms with Crippen LogP contribution in [0, 0.1) is 0 Å². The van der Waals surface area contributed by atoms with E-state index in [4.69, 9.17) is 10.8 Å². The Labute approximate surface area is 111 Å². The summed E-state index contributed by atoms with van der Waals surface area (Å²) in [5.41, 5.74) is 5.35. The highest BCUT2D eigenvalue weighted by Gasteiger charge is 2.24. The molecule has 0 radical (unpaired) electrons. The molecule has 0 saturated carbocycles. The van der Waals surface area contributed by atoms with Gasteiger partial charge in [-0.3, -0.25) is 0 Å². The molecule has 0 aromatic heterocycles. The number of sulfonamides is 1. The van der Waals surface area contributed by atoms with Crippen molar-refractivity contribution < 1.29 is 23.4 Å². The Morgan fingerprint density at radius 1 is 1.47 bits per heavy atom. The molecule has 1 aromatic carbocycles. The van der Waals surface area contributed by atoms with Gasteiger partial charge >= 0.3 is 5.97 Å². The van der Waals surface area contributed by atoms with E-state index in [1.807, 2.05) is 0 Å². The van der Waals surface area contributed by atoms with Crippen LogP contribution in [0.1, 0.15) is 17.3 Å². The Morgan fingerprint density at radius 3 is 2.47 bits per heavy atom. The van der Waals surface area contributed by atoms with Crippen LogP contribution in [0.3, 0.4) is 0 Å². The fourth-order valence-corrected chi connectivity index (χ4v) is 2.90. The van der Waals surface area contributed by atoms with Gasteiger partial charge in [-0.15, -0.1) is 0 Å². The van der Waals surface area contributed by atoms with E-state index in [-0.39, 0.29) is 22.7 Å². The number of aromatic carboxylic acids is 1. The van der Waals surface area contributed by atoms with Crippen molar-refractivity contribution in [1.29, 1.82) is 0 Å². The number of nitrogens with zero attached hydrogens (tertiary/aromatic N) is 1. The molecule has 0 fully saturated rings. The van der Waals surface area contributed by atoms with Crippen molar-refractivity contribution >= 4 is 21.7 Å². The molecule has 0 aliphatic rings. The van der Waals surface area contributed by atoms with E-state index in [0.717, 1.165) is 16.4 Å². The molecule has 1 rings (SSSR count). The van der Waals surface area contributed by atoms with Crippen LogP contribution < -0.4 is 5.73 Å². The van der Waals surface area contributed by atoms with Gasteiger partial charge in [-0.05, 0) is 25.1 Å². The lowest BCUT2D eigenvalue weighted by molar-refractivity contribution is 0.0697. The van der Waals surface area contributed by atoms with Gasteiger partial charge in [0.1, 0.15) is 4.90 Å². The highest BCUT2D eigenvalue weighted by Crippen LogP contribution is 2.23. The van der Waals surface area contributed by atoms with Crippen molar-refractivity contribution in [1.82, 2.24) is 4.31 Å². The van der Waals surface area contributed by atoms with Crippen LogP contribution in [0.2, 0.25) is 0 Å². The number of carboxylic acid groups (broad SMARTS) is 1. The summed E-state index contributed by atoms with van der Waals surface area (Å²) in [6.45, 7) is 1.38. The second-order valence-corrected chi connectivity index (χ2v) is 6.21. The van der Waals surface area contributed by atoms with E-state index < -0.39 is 22.1 Å². The van der Waals surface area contributed by atoms with Crippen LogP contribution in [0.25, 0.3) is 0 Å². The first kappa shape index (κ1) is 15.4. The number of benzene rings is 1. The monoisotopic (exact) mass is 288 g/mol. The maximum absolute atomic E-state index is 12.2. The number of nitrogen functional groups attached to an aromatic ring is 1. The van der Waals surface area contributed by atoms with Crippen molar-refractivity contribution in [3.8, 4) is 0 Å². The van der Waals surface area contributed by atoms with Crippen molar-refractivity contribution in [3.05, 3.63) is 23.8 Å². The first-order valence-electron chi connectivity index (χ1n) is 5.43. The number of nitrogens with two attached hydrogens (primary N) is 1. The van der Waals surface area contributed by atoms with Crippen LogP contribution in [0.4, 0.5) is 5.69 Å². The first-order valence-corrected chi connectivity index (χ1v) is 6.87. The summed E-state index contributed by atoms with van der Waals surface area (Å²) >= 11 is 0. The topological polar surface area (TPSA) is 121 Å². The highest BCUT2D eigenvalue weighted by molar-refractivity contribution is 7.89. The lowest BCUT2D eigenvalue weighted by Gasteiger charge is -2.19. The number of rotatable bonds is 5. The minimum absolute atomic E-state index is 0.0809. The number of likely N-dealkylation sites (N-methyl/N-ethyl adjacent to an activating group) is 1. The Hall–Kier alpha value is -1.64. The number of anilines is 1. The van der Waals surface area contributed by atoms with Gasteiger partial charge in [0.05, 0.1) is 17.4 Å². The molecule has 0 aliphatic carbocycles. The zero-order valence-electron chi connectivity index (χ0n) is 10.6. The molecule has 0 amide bonds. The minimum atomic E-state index is -3.85. The fourth-order valence-electron chi connectivity index (χ4n) is 1.55. The smallest absolute Gasteiger partial charge is 0.335 e. The summed E-state index contributed by atoms with van der Waals surface area (Å²) in [4.78, 5) is 10.6. The van der Waals surface area contributed by atoms with Gasteiger partial charge in [0.25, 0.3) is 0 Å². The number of aliphatic hydroxyl groups excluding tert-OH is 1. The summed E-state index contributed by atoms with van der Waals surface area (Å²) < 4.78 is 25.3. The molecular weight excluding hydrogens is 272 g/mol. The Bertz CT molecular complexity index is 583. The van der Waals surface area contributed by atoms with Crippen LogP contribution in [-0.4, -0.2) is 48.6 Å². The molecule has 1 unspecified atom stereocenters. The quantitative estimate of drug-likeness (QED) is 0.654. The molecule has 0 bridgehead atoms. The maximum Gasteiger partial charge on any atom is 0.335 e. The van der Waals surface area contributed by atoms with E-state index in [0.29, 0.717) is 0 Å². The normalized spacial score (nSPS) is 13.5. The molecular formula is C11H16N2O5S. The van der Waals surface area contributed by atoms with E-state index in [1.165, 1.54) is 20.0 Å². The molecule has 1 aromatic rings. The third-order valence-corrected chi connectivity index (χ3v) is 4.36. The number of hydrogen-bond acceptors (Lipinski definition) is 5. The van der Waals surface area contributed by atoms with Crippen LogP contribution in [-0.2, 0) is 10.0 Å². The minimum Gasteiger partial charge on any atom is -0.478 e. The second kappa shape index (κ2) is 5.55. The number of carboxylic acids is 1. The van der Waals surface area contributed by atoms with Gasteiger partial charge < -0.3 is 15.9 Å². The number of hydrogen-bond donors (Lipinski definition) is 3. The largest absolute Gasteiger partial charge is 0.478 e. The Kier molecular flexibility index (Phi) is 4.51. The molecule has 0 heterocycles. The summed E-state index contributed by atoms with van der Waals surface area (Å²) in [5.74, 6) is -1.19. The van der Waals surface area contributed by atoms with E-state index in [1.54, 1.807) is 0 Å². The number of carbonyl (C=O) groups is 1. The van der Waals surface area contributed by atoms with E-state index in [2.05, 4.69) is 0 Å². The van der Waals surface area contributed by atoms with Crippen molar-refractivity contribution in [2.45, 2.75) is 17.9 Å². The fraction of sp³-hybridized carbons (Fsp3) is 0.364. The van der Waals surface area contributed by atoms with Crippen molar-refractivity contribution in [3.63, 3.8) is 0 Å². The zero-order valence-corrected chi connectivity index (χ0v) is 11.4. The van der Waals surface area contributed by atoms with Crippen molar-refractivity contribution in [2.75, 3.05) is 19.3 Å². The van der Waals surface area contributed by atoms with Gasteiger partial charge in [0.2, 0.25) is 10.0 Å². The maximum atomic E-state index is 12.2. The highest BCUT2D eigenvalue weighted by atomic mass is 32.2. The third-order valence-electron chi connectivity index (χ3n) is 2.47. The molecule has 8 heteroatoms. The standard InChI is InChI=1S/C11H16N2O5S/c1-7(14)6-13(2)19(17,18)10-4-3-8(11(15)16)5-9(10)12/h3-5,7,14H,6,12H2,1-2H3,(H,15,16). The molecule has 19 heavy (non-hydrogen) atoms. The van der Waals surface area contributed by atoms with Gasteiger partial charge in [-0.1, -0.05) is 0 Å². The summed E-state index contributed by atoms with van der Waals surface area (Å²) in [7, 11) is -2.54. The van der Waals surface area contributed by atoms with Gasteiger partial charge in [-0.2, -0.15) is 4.31 Å². The molecule has 106 valence electrons. The van der Waals surface area contributed by atoms with Crippen LogP contribution >= 0.6 is 0 Å². The molecule has 4 N–H and O–H groups in total. The second-order valence-electron chi connectivity index (χ2n) is 4.19. The molecule has 0 spiro atoms. The van der Waals surface area contributed by atoms with E-state index in [9.17, 15) is 18.3 Å². The average molecular weight is 288 g/mol. The molecule has 7 nitrogen and oxygen atoms in total. The Morgan fingerprint density at radius 2 is 2.05 bits per heavy atom. The van der Waals surface area contributed by atoms with Crippen LogP contribution in [0.15, 0.2) is 23.1 Å². The zero-order chi connectivity index (χ0) is 14.8. The van der Waals surface area contributed by atoms with Crippen LogP contribution in [0.5, 0.6) is 0 Å². The lowest BCUT2D eigenvalue weighted by atomic mass is 10.2. The average Bonchev–Trinajstić information content (AvgIpc) is 2.27. The SMILES string of the molecule is CC(O)CN(C)S(=O)(=O)c1ccc(C(=O)O)cc1N. The summed E-state index contributed by atoms with van der Waals surface area (Å²) in [5, 5.41) is 18.0. The van der Waals surface area contributed by atoms with Gasteiger partial charge in [-0.25, -0.2) is 13.2 Å². The number of aliphatic hydroxyl groups is 1. The lowest BCUT2D eigenvalue weighted by Crippen LogP contribution is -2.33. The molecule has 0 saturated heterocycles. The summed E-state index contributed by atoms with van der Waals surface area (Å²) in [6, 6.07) is 3.40. The van der Waals surface area contributed by atoms with Crippen molar-refractivity contribution in [2.24, 2.45) is 0 Å². The summed E-state index contributed by atoms with van der Waals surface area (Å²) in [6.07, 6.45) is -0.820. The molecule has 1 atom stereocenters. The van der Waals surface area contributed by atoms with E-state index >= 15 is 0 Å². The first-order chi connectivity index (χ1) is 8.66. The molecule has 0 aliphatic heterocycles. The predicted octanol–water partition coefficient (Wildman–Crippen LogP) is -0.0317. The van der Waals surface area contributed by atoms with Gasteiger partial charge in [0.15, 0.2) is 0 Å². The predicted molar refractivity (Wildman–Crippen MR) is 69.3 cm³/mol. The van der Waals surface area contributed by atoms with Gasteiger partial charge in [0, 0.05) is 13.6 Å². The Balaban J connectivity index is 3.19.